The number of unbranched alkanes of at least 4 members (excludes halogenated alkanes) is 3. The molecule has 0 bridgehead atoms. The first-order valence-corrected chi connectivity index (χ1v) is 6.40. The van der Waals surface area contributed by atoms with Gasteiger partial charge < -0.3 is 15.8 Å². The molecule has 4 heteroatoms. The maximum Gasteiger partial charge on any atom is 0.224 e. The van der Waals surface area contributed by atoms with E-state index in [0.29, 0.717) is 17.9 Å². The van der Waals surface area contributed by atoms with Crippen LogP contribution in [0.4, 0.5) is 11.4 Å². The lowest BCUT2D eigenvalue weighted by Crippen LogP contribution is -2.11. The summed E-state index contributed by atoms with van der Waals surface area (Å²) in [5, 5.41) is 2.85. The normalized spacial score (nSPS) is 10.1. The number of hydrogen-bond acceptors (Lipinski definition) is 3. The molecule has 0 radical (unpaired) electrons. The van der Waals surface area contributed by atoms with Gasteiger partial charge in [0.15, 0.2) is 0 Å². The first-order valence-electron chi connectivity index (χ1n) is 6.40. The van der Waals surface area contributed by atoms with E-state index in [1.807, 2.05) is 0 Å². The van der Waals surface area contributed by atoms with Gasteiger partial charge in [0.1, 0.15) is 5.75 Å². The van der Waals surface area contributed by atoms with E-state index in [9.17, 15) is 4.79 Å². The van der Waals surface area contributed by atoms with Crippen molar-refractivity contribution in [3.8, 4) is 5.75 Å². The van der Waals surface area contributed by atoms with Crippen molar-refractivity contribution in [2.45, 2.75) is 39.0 Å². The number of nitrogens with two attached hydrogens (primary N) is 1. The van der Waals surface area contributed by atoms with E-state index in [1.54, 1.807) is 25.3 Å². The minimum absolute atomic E-state index is 0.0397. The molecule has 1 aromatic rings. The Morgan fingerprint density at radius 1 is 1.33 bits per heavy atom. The van der Waals surface area contributed by atoms with Gasteiger partial charge in [-0.05, 0) is 18.6 Å². The average Bonchev–Trinajstić information content (AvgIpc) is 2.37. The predicted octanol–water partition coefficient (Wildman–Crippen LogP) is 3.19. The molecule has 0 saturated carbocycles. The maximum atomic E-state index is 11.7. The standard InChI is InChI=1S/C14H22N2O2/c1-3-4-5-6-7-14(17)16-11-8-9-12(15)13(10-11)18-2/h8-10H,3-7,15H2,1-2H3,(H,16,17). The minimum atomic E-state index is 0.0397. The van der Waals surface area contributed by atoms with E-state index in [1.165, 1.54) is 12.8 Å². The number of hydrogen-bond donors (Lipinski definition) is 2. The van der Waals surface area contributed by atoms with Crippen LogP contribution in [-0.4, -0.2) is 13.0 Å². The zero-order valence-electron chi connectivity index (χ0n) is 11.2. The molecule has 1 amide bonds. The highest BCUT2D eigenvalue weighted by atomic mass is 16.5. The third kappa shape index (κ3) is 4.65. The van der Waals surface area contributed by atoms with Gasteiger partial charge in [-0.3, -0.25) is 4.79 Å². The highest BCUT2D eigenvalue weighted by Crippen LogP contribution is 2.25. The number of ether oxygens (including phenoxy) is 1. The number of carbonyl (C=O) groups excluding carboxylic acids is 1. The van der Waals surface area contributed by atoms with Crippen LogP contribution in [0.15, 0.2) is 18.2 Å². The summed E-state index contributed by atoms with van der Waals surface area (Å²) in [6.45, 7) is 2.15. The van der Waals surface area contributed by atoms with E-state index in [0.717, 1.165) is 18.5 Å². The van der Waals surface area contributed by atoms with Gasteiger partial charge in [0.05, 0.1) is 12.8 Å². The van der Waals surface area contributed by atoms with E-state index < -0.39 is 0 Å². The van der Waals surface area contributed by atoms with Gasteiger partial charge in [-0.15, -0.1) is 0 Å². The van der Waals surface area contributed by atoms with Crippen molar-refractivity contribution in [2.75, 3.05) is 18.2 Å². The van der Waals surface area contributed by atoms with E-state index in [2.05, 4.69) is 12.2 Å². The molecule has 0 aliphatic carbocycles. The van der Waals surface area contributed by atoms with E-state index >= 15 is 0 Å². The summed E-state index contributed by atoms with van der Waals surface area (Å²) >= 11 is 0. The Morgan fingerprint density at radius 2 is 2.11 bits per heavy atom. The van der Waals surface area contributed by atoms with Gasteiger partial charge in [0.25, 0.3) is 0 Å². The fourth-order valence-electron chi connectivity index (χ4n) is 1.72. The monoisotopic (exact) mass is 250 g/mol. The molecule has 1 rings (SSSR count). The van der Waals surface area contributed by atoms with Crippen molar-refractivity contribution in [3.05, 3.63) is 18.2 Å². The third-order valence-corrected chi connectivity index (χ3v) is 2.77. The smallest absolute Gasteiger partial charge is 0.224 e. The molecule has 0 unspecified atom stereocenters. The number of amides is 1. The first kappa shape index (κ1) is 14.4. The molecule has 3 N–H and O–H groups in total. The molecule has 4 nitrogen and oxygen atoms in total. The average molecular weight is 250 g/mol. The first-order chi connectivity index (χ1) is 8.67. The van der Waals surface area contributed by atoms with Gasteiger partial charge in [-0.2, -0.15) is 0 Å². The number of carbonyl (C=O) groups is 1. The Balaban J connectivity index is 2.44. The zero-order valence-corrected chi connectivity index (χ0v) is 11.2. The Morgan fingerprint density at radius 3 is 2.78 bits per heavy atom. The molecule has 0 spiro atoms. The van der Waals surface area contributed by atoms with E-state index in [4.69, 9.17) is 10.5 Å². The SMILES string of the molecule is CCCCCCC(=O)Nc1ccc(N)c(OC)c1. The van der Waals surface area contributed by atoms with Gasteiger partial charge in [-0.1, -0.05) is 26.2 Å². The molecule has 0 fully saturated rings. The van der Waals surface area contributed by atoms with Crippen molar-refractivity contribution in [2.24, 2.45) is 0 Å². The Labute approximate surface area is 109 Å². The second-order valence-corrected chi connectivity index (χ2v) is 4.32. The number of methoxy groups -OCH3 is 1. The predicted molar refractivity (Wildman–Crippen MR) is 74.8 cm³/mol. The van der Waals surface area contributed by atoms with Crippen molar-refractivity contribution < 1.29 is 9.53 Å². The fraction of sp³-hybridized carbons (Fsp3) is 0.500. The topological polar surface area (TPSA) is 64.4 Å². The number of benzene rings is 1. The lowest BCUT2D eigenvalue weighted by Gasteiger charge is -2.09. The second-order valence-electron chi connectivity index (χ2n) is 4.32. The molecule has 1 aromatic carbocycles. The van der Waals surface area contributed by atoms with Crippen LogP contribution in [0.1, 0.15) is 39.0 Å². The molecule has 100 valence electrons. The van der Waals surface area contributed by atoms with Gasteiger partial charge in [0, 0.05) is 18.2 Å². The zero-order chi connectivity index (χ0) is 13.4. The molecular formula is C14H22N2O2. The fourth-order valence-corrected chi connectivity index (χ4v) is 1.72. The third-order valence-electron chi connectivity index (χ3n) is 2.77. The number of nitrogens with one attached hydrogen (secondary N) is 1. The lowest BCUT2D eigenvalue weighted by atomic mass is 10.1. The van der Waals surface area contributed by atoms with Crippen LogP contribution in [0, 0.1) is 0 Å². The van der Waals surface area contributed by atoms with Crippen LogP contribution in [-0.2, 0) is 4.79 Å². The summed E-state index contributed by atoms with van der Waals surface area (Å²) in [7, 11) is 1.56. The van der Waals surface area contributed by atoms with Crippen LogP contribution >= 0.6 is 0 Å². The van der Waals surface area contributed by atoms with Gasteiger partial charge >= 0.3 is 0 Å². The molecular weight excluding hydrogens is 228 g/mol. The number of rotatable bonds is 7. The second kappa shape index (κ2) is 7.58. The molecule has 0 aromatic heterocycles. The van der Waals surface area contributed by atoms with Crippen LogP contribution in [0.5, 0.6) is 5.75 Å². The number of nitrogen functional groups attached to an aromatic ring is 1. The maximum absolute atomic E-state index is 11.7. The van der Waals surface area contributed by atoms with Crippen LogP contribution in [0.25, 0.3) is 0 Å². The number of anilines is 2. The molecule has 18 heavy (non-hydrogen) atoms. The van der Waals surface area contributed by atoms with E-state index in [-0.39, 0.29) is 5.91 Å². The molecule has 0 aliphatic rings. The largest absolute Gasteiger partial charge is 0.495 e. The summed E-state index contributed by atoms with van der Waals surface area (Å²) in [6, 6.07) is 5.24. The molecule has 0 atom stereocenters. The summed E-state index contributed by atoms with van der Waals surface area (Å²) in [6.07, 6.45) is 4.97. The van der Waals surface area contributed by atoms with Crippen molar-refractivity contribution >= 4 is 17.3 Å². The lowest BCUT2D eigenvalue weighted by molar-refractivity contribution is -0.116. The Bertz CT molecular complexity index is 391. The summed E-state index contributed by atoms with van der Waals surface area (Å²) in [5.41, 5.74) is 7.00. The van der Waals surface area contributed by atoms with Crippen LogP contribution < -0.4 is 15.8 Å². The molecule has 0 aliphatic heterocycles. The quantitative estimate of drug-likeness (QED) is 0.577. The Hall–Kier alpha value is -1.71. The minimum Gasteiger partial charge on any atom is -0.495 e. The van der Waals surface area contributed by atoms with Crippen LogP contribution in [0.3, 0.4) is 0 Å². The molecule has 0 saturated heterocycles. The summed E-state index contributed by atoms with van der Waals surface area (Å²) in [5.74, 6) is 0.622. The van der Waals surface area contributed by atoms with Crippen molar-refractivity contribution in [1.29, 1.82) is 0 Å². The summed E-state index contributed by atoms with van der Waals surface area (Å²) < 4.78 is 5.10. The van der Waals surface area contributed by atoms with Crippen LogP contribution in [0.2, 0.25) is 0 Å². The van der Waals surface area contributed by atoms with Crippen molar-refractivity contribution in [1.82, 2.24) is 0 Å². The van der Waals surface area contributed by atoms with Gasteiger partial charge in [-0.25, -0.2) is 0 Å². The highest BCUT2D eigenvalue weighted by molar-refractivity contribution is 5.91. The van der Waals surface area contributed by atoms with Gasteiger partial charge in [0.2, 0.25) is 5.91 Å². The summed E-state index contributed by atoms with van der Waals surface area (Å²) in [4.78, 5) is 11.7. The molecule has 0 heterocycles. The Kier molecular flexibility index (Phi) is 6.05. The highest BCUT2D eigenvalue weighted by Gasteiger charge is 2.05. The van der Waals surface area contributed by atoms with Crippen molar-refractivity contribution in [3.63, 3.8) is 0 Å².